The fraction of sp³-hybridized carbons (Fsp3) is 0.367. The highest BCUT2D eigenvalue weighted by atomic mass is 19.1. The molecule has 0 bridgehead atoms. The van der Waals surface area contributed by atoms with Crippen LogP contribution in [-0.4, -0.2) is 39.0 Å². The molecule has 2 heterocycles. The third-order valence-electron chi connectivity index (χ3n) is 7.30. The lowest BCUT2D eigenvalue weighted by atomic mass is 9.84. The van der Waals surface area contributed by atoms with Gasteiger partial charge in [-0.25, -0.2) is 13.9 Å². The van der Waals surface area contributed by atoms with Crippen LogP contribution in [0.2, 0.25) is 0 Å². The number of hydrogen-bond acceptors (Lipinski definition) is 6. The lowest BCUT2D eigenvalue weighted by Gasteiger charge is -2.38. The number of nitrogens with one attached hydrogen (secondary N) is 2. The van der Waals surface area contributed by atoms with Crippen molar-refractivity contribution in [3.63, 3.8) is 0 Å². The van der Waals surface area contributed by atoms with Crippen molar-refractivity contribution in [2.24, 2.45) is 5.41 Å². The molecule has 1 aromatic heterocycles. The van der Waals surface area contributed by atoms with Gasteiger partial charge in [0.05, 0.1) is 29.3 Å². The van der Waals surface area contributed by atoms with Gasteiger partial charge in [0.2, 0.25) is 5.91 Å². The Kier molecular flexibility index (Phi) is 8.24. The van der Waals surface area contributed by atoms with Crippen LogP contribution in [0.4, 0.5) is 8.78 Å². The van der Waals surface area contributed by atoms with Crippen molar-refractivity contribution in [3.05, 3.63) is 86.8 Å². The number of halogens is 2. The van der Waals surface area contributed by atoms with Crippen LogP contribution in [0.5, 0.6) is 11.5 Å². The molecule has 3 atom stereocenters. The second-order valence-corrected chi connectivity index (χ2v) is 10.9. The van der Waals surface area contributed by atoms with Gasteiger partial charge in [-0.1, -0.05) is 0 Å². The van der Waals surface area contributed by atoms with Gasteiger partial charge in [-0.2, -0.15) is 10.4 Å². The predicted molar refractivity (Wildman–Crippen MR) is 146 cm³/mol. The van der Waals surface area contributed by atoms with E-state index in [1.165, 1.54) is 36.1 Å². The van der Waals surface area contributed by atoms with Crippen molar-refractivity contribution in [1.29, 1.82) is 5.26 Å². The Balaban J connectivity index is 1.55. The fourth-order valence-corrected chi connectivity index (χ4v) is 5.14. The maximum absolute atomic E-state index is 14.1. The molecule has 0 radical (unpaired) electrons. The zero-order chi connectivity index (χ0) is 30.1. The average Bonchev–Trinajstić information content (AvgIpc) is 3.37. The normalized spacial score (nSPS) is 17.6. The van der Waals surface area contributed by atoms with Gasteiger partial charge in [-0.3, -0.25) is 14.4 Å². The number of ether oxygens (including phenoxy) is 1. The van der Waals surface area contributed by atoms with Crippen molar-refractivity contribution in [2.75, 3.05) is 0 Å². The van der Waals surface area contributed by atoms with E-state index in [0.717, 1.165) is 6.07 Å². The van der Waals surface area contributed by atoms with E-state index >= 15 is 0 Å². The molecule has 1 fully saturated rings. The number of amides is 2. The summed E-state index contributed by atoms with van der Waals surface area (Å²) in [5, 5.41) is 18.7. The first kappa shape index (κ1) is 29.4. The Morgan fingerprint density at radius 3 is 2.44 bits per heavy atom. The maximum atomic E-state index is 14.1. The number of carbonyl (C=O) groups excluding carboxylic acids is 2. The first-order valence-electron chi connectivity index (χ1n) is 13.2. The van der Waals surface area contributed by atoms with Crippen molar-refractivity contribution >= 4 is 11.8 Å². The molecule has 1 aliphatic heterocycles. The number of aromatic amines is 1. The highest BCUT2D eigenvalue weighted by molar-refractivity contribution is 5.98. The third-order valence-corrected chi connectivity index (χ3v) is 7.30. The minimum absolute atomic E-state index is 0.0604. The van der Waals surface area contributed by atoms with E-state index < -0.39 is 52.5 Å². The van der Waals surface area contributed by atoms with Crippen LogP contribution in [0.15, 0.2) is 47.3 Å². The van der Waals surface area contributed by atoms with Gasteiger partial charge in [0.1, 0.15) is 23.4 Å². The number of aryl methyl sites for hydroxylation is 2. The van der Waals surface area contributed by atoms with Crippen molar-refractivity contribution < 1.29 is 23.1 Å². The lowest BCUT2D eigenvalue weighted by molar-refractivity contribution is -0.137. The van der Waals surface area contributed by atoms with Gasteiger partial charge < -0.3 is 15.0 Å². The summed E-state index contributed by atoms with van der Waals surface area (Å²) < 4.78 is 33.8. The summed E-state index contributed by atoms with van der Waals surface area (Å²) in [7, 11) is 0. The van der Waals surface area contributed by atoms with Crippen LogP contribution >= 0.6 is 0 Å². The molecule has 1 aliphatic rings. The minimum atomic E-state index is -1.01. The lowest BCUT2D eigenvalue weighted by Crippen LogP contribution is -2.52. The van der Waals surface area contributed by atoms with Gasteiger partial charge >= 0.3 is 5.56 Å². The summed E-state index contributed by atoms with van der Waals surface area (Å²) in [6.07, 6.45) is 0.863. The third kappa shape index (κ3) is 6.27. The van der Waals surface area contributed by atoms with E-state index in [4.69, 9.17) is 4.74 Å². The van der Waals surface area contributed by atoms with Gasteiger partial charge in [-0.05, 0) is 88.9 Å². The summed E-state index contributed by atoms with van der Waals surface area (Å²) in [5.41, 5.74) is 0.253. The minimum Gasteiger partial charge on any atom is -0.451 e. The zero-order valence-electron chi connectivity index (χ0n) is 23.4. The Labute approximate surface area is 236 Å². The number of carbonyl (C=O) groups is 2. The van der Waals surface area contributed by atoms with Crippen molar-refractivity contribution in [3.8, 4) is 17.6 Å². The second kappa shape index (κ2) is 11.5. The number of benzene rings is 2. The Bertz CT molecular complexity index is 1580. The van der Waals surface area contributed by atoms with Crippen LogP contribution < -0.4 is 15.6 Å². The number of hydrogen-bond donors (Lipinski definition) is 2. The number of nitrogens with zero attached hydrogens (tertiary/aromatic N) is 3. The highest BCUT2D eigenvalue weighted by Gasteiger charge is 2.46. The zero-order valence-corrected chi connectivity index (χ0v) is 23.4. The molecule has 0 saturated carbocycles. The molecule has 11 heteroatoms. The van der Waals surface area contributed by atoms with E-state index in [0.29, 0.717) is 35.4 Å². The SMILES string of the molecule is Cc1cc(Oc2ccc(C(=O)NC(C)C(=O)N3[C@H](c4cc(F)cc(F)c4)CC[C@@H]3C(C)(C)C#N)cc2C)c(=O)[nH]n1. The molecule has 2 aromatic carbocycles. The largest absolute Gasteiger partial charge is 0.451 e. The first-order valence-corrected chi connectivity index (χ1v) is 13.2. The quantitative estimate of drug-likeness (QED) is 0.423. The number of aromatic nitrogens is 2. The van der Waals surface area contributed by atoms with Gasteiger partial charge in [-0.15, -0.1) is 0 Å². The number of H-pyrrole nitrogens is 1. The van der Waals surface area contributed by atoms with E-state index in [1.807, 2.05) is 0 Å². The van der Waals surface area contributed by atoms with Crippen LogP contribution in [0, 0.1) is 42.2 Å². The fourth-order valence-electron chi connectivity index (χ4n) is 5.14. The molecule has 3 aromatic rings. The smallest absolute Gasteiger partial charge is 0.307 e. The molecule has 4 rings (SSSR count). The number of likely N-dealkylation sites (tertiary alicyclic amines) is 1. The molecule has 9 nitrogen and oxygen atoms in total. The van der Waals surface area contributed by atoms with Crippen LogP contribution in [0.1, 0.15) is 66.8 Å². The number of nitriles is 1. The molecular weight excluding hydrogens is 532 g/mol. The van der Waals surface area contributed by atoms with Crippen molar-refractivity contribution in [2.45, 2.75) is 65.6 Å². The number of rotatable bonds is 7. The summed E-state index contributed by atoms with van der Waals surface area (Å²) >= 11 is 0. The summed E-state index contributed by atoms with van der Waals surface area (Å²) in [4.78, 5) is 40.4. The summed E-state index contributed by atoms with van der Waals surface area (Å²) in [6.45, 7) is 8.37. The molecule has 0 aliphatic carbocycles. The second-order valence-electron chi connectivity index (χ2n) is 10.9. The summed E-state index contributed by atoms with van der Waals surface area (Å²) in [6, 6.07) is 9.29. The molecule has 1 saturated heterocycles. The molecule has 2 N–H and O–H groups in total. The molecule has 41 heavy (non-hydrogen) atoms. The van der Waals surface area contributed by atoms with E-state index in [-0.39, 0.29) is 11.3 Å². The standard InChI is InChI=1S/C30H31F2N5O4/c1-16-10-19(6-8-24(16)41-25-11-17(2)35-36-28(25)39)27(38)34-18(3)29(40)37-23(7-9-26(37)30(4,5)15-33)20-12-21(31)14-22(32)13-20/h6,8,10-14,18,23,26H,7,9H2,1-5H3,(H,34,38)(H,36,39)/t18?,23-,26+/m0/s1. The Morgan fingerprint density at radius 2 is 1.80 bits per heavy atom. The molecule has 1 unspecified atom stereocenters. The van der Waals surface area contributed by atoms with Crippen LogP contribution in [0.3, 0.4) is 0 Å². The molecule has 2 amide bonds. The molecule has 0 spiro atoms. The van der Waals surface area contributed by atoms with Crippen LogP contribution in [0.25, 0.3) is 0 Å². The Hall–Kier alpha value is -4.59. The van der Waals surface area contributed by atoms with Gasteiger partial charge in [0, 0.05) is 17.7 Å². The highest BCUT2D eigenvalue weighted by Crippen LogP contribution is 2.43. The molecule has 214 valence electrons. The predicted octanol–water partition coefficient (Wildman–Crippen LogP) is 4.86. The monoisotopic (exact) mass is 563 g/mol. The van der Waals surface area contributed by atoms with E-state index in [1.54, 1.807) is 39.8 Å². The summed E-state index contributed by atoms with van der Waals surface area (Å²) in [5.74, 6) is -2.09. The topological polar surface area (TPSA) is 128 Å². The molecular formula is C30H31F2N5O4. The maximum Gasteiger partial charge on any atom is 0.307 e. The van der Waals surface area contributed by atoms with E-state index in [9.17, 15) is 28.4 Å². The average molecular weight is 564 g/mol. The van der Waals surface area contributed by atoms with Crippen LogP contribution in [-0.2, 0) is 4.79 Å². The first-order chi connectivity index (χ1) is 19.3. The Morgan fingerprint density at radius 1 is 1.12 bits per heavy atom. The van der Waals surface area contributed by atoms with Crippen molar-refractivity contribution in [1.82, 2.24) is 20.4 Å². The van der Waals surface area contributed by atoms with Gasteiger partial charge in [0.25, 0.3) is 5.91 Å². The van der Waals surface area contributed by atoms with Gasteiger partial charge in [0.15, 0.2) is 5.75 Å². The van der Waals surface area contributed by atoms with E-state index in [2.05, 4.69) is 21.6 Å².